The van der Waals surface area contributed by atoms with Crippen molar-refractivity contribution in [3.05, 3.63) is 22.6 Å². The van der Waals surface area contributed by atoms with Gasteiger partial charge in [0, 0.05) is 25.1 Å². The topological polar surface area (TPSA) is 96.3 Å². The lowest BCUT2D eigenvalue weighted by Crippen LogP contribution is -2.29. The van der Waals surface area contributed by atoms with Crippen LogP contribution in [-0.4, -0.2) is 52.1 Å². The molecule has 1 fully saturated rings. The zero-order chi connectivity index (χ0) is 18.6. The molecule has 0 saturated carbocycles. The van der Waals surface area contributed by atoms with Gasteiger partial charge in [0.2, 0.25) is 0 Å². The summed E-state index contributed by atoms with van der Waals surface area (Å²) < 4.78 is 10.9. The molecule has 0 radical (unpaired) electrons. The molecule has 0 unspecified atom stereocenters. The summed E-state index contributed by atoms with van der Waals surface area (Å²) in [7, 11) is 2.89. The van der Waals surface area contributed by atoms with Gasteiger partial charge in [-0.05, 0) is 12.5 Å². The molecule has 2 rings (SSSR count). The number of ether oxygens (including phenoxy) is 2. The fourth-order valence-corrected chi connectivity index (χ4v) is 3.57. The second-order valence-corrected chi connectivity index (χ2v) is 6.77. The second kappa shape index (κ2) is 8.21. The Hall–Kier alpha value is -2.26. The van der Waals surface area contributed by atoms with Gasteiger partial charge in [-0.2, -0.15) is 0 Å². The Balaban J connectivity index is 2.29. The SMILES string of the molecule is COc1cc(O)cc(OC)c1/C=C1\SC(=S)N(CCCC(=O)O)C1=O. The monoisotopic (exact) mass is 383 g/mol. The number of nitrogens with zero attached hydrogens (tertiary/aromatic N) is 1. The molecule has 1 aromatic carbocycles. The van der Waals surface area contributed by atoms with Gasteiger partial charge in [-0.1, -0.05) is 24.0 Å². The van der Waals surface area contributed by atoms with E-state index in [4.69, 9.17) is 26.8 Å². The summed E-state index contributed by atoms with van der Waals surface area (Å²) in [4.78, 5) is 24.9. The highest BCUT2D eigenvalue weighted by Crippen LogP contribution is 2.39. The van der Waals surface area contributed by atoms with Gasteiger partial charge in [-0.15, -0.1) is 0 Å². The Morgan fingerprint density at radius 1 is 1.32 bits per heavy atom. The first-order valence-electron chi connectivity index (χ1n) is 7.29. The number of phenols is 1. The highest BCUT2D eigenvalue weighted by molar-refractivity contribution is 8.26. The predicted octanol–water partition coefficient (Wildman–Crippen LogP) is 2.48. The number of methoxy groups -OCH3 is 2. The number of thioether (sulfide) groups is 1. The molecular formula is C16H17NO6S2. The molecule has 0 bridgehead atoms. The lowest BCUT2D eigenvalue weighted by molar-refractivity contribution is -0.137. The molecule has 0 aliphatic carbocycles. The minimum atomic E-state index is -0.917. The molecular weight excluding hydrogens is 366 g/mol. The van der Waals surface area contributed by atoms with Crippen LogP contribution in [0.3, 0.4) is 0 Å². The number of aliphatic carboxylic acids is 1. The van der Waals surface area contributed by atoms with E-state index in [9.17, 15) is 14.7 Å². The Morgan fingerprint density at radius 2 is 1.92 bits per heavy atom. The van der Waals surface area contributed by atoms with Crippen molar-refractivity contribution < 1.29 is 29.3 Å². The van der Waals surface area contributed by atoms with E-state index >= 15 is 0 Å². The van der Waals surface area contributed by atoms with Crippen molar-refractivity contribution in [2.45, 2.75) is 12.8 Å². The summed E-state index contributed by atoms with van der Waals surface area (Å²) in [6.07, 6.45) is 1.88. The molecule has 1 aromatic rings. The maximum absolute atomic E-state index is 12.5. The molecule has 134 valence electrons. The van der Waals surface area contributed by atoms with Gasteiger partial charge in [0.05, 0.1) is 24.7 Å². The van der Waals surface area contributed by atoms with Gasteiger partial charge in [-0.3, -0.25) is 14.5 Å². The summed E-state index contributed by atoms with van der Waals surface area (Å²) in [5.41, 5.74) is 0.508. The highest BCUT2D eigenvalue weighted by atomic mass is 32.2. The zero-order valence-corrected chi connectivity index (χ0v) is 15.3. The first kappa shape index (κ1) is 19.1. The minimum Gasteiger partial charge on any atom is -0.508 e. The predicted molar refractivity (Wildman–Crippen MR) is 98.0 cm³/mol. The van der Waals surface area contributed by atoms with Crippen molar-refractivity contribution in [1.29, 1.82) is 0 Å². The van der Waals surface area contributed by atoms with E-state index in [1.54, 1.807) is 6.08 Å². The van der Waals surface area contributed by atoms with Gasteiger partial charge in [0.15, 0.2) is 0 Å². The number of carbonyl (C=O) groups excluding carboxylic acids is 1. The van der Waals surface area contributed by atoms with Gasteiger partial charge in [-0.25, -0.2) is 0 Å². The summed E-state index contributed by atoms with van der Waals surface area (Å²) in [6, 6.07) is 2.84. The smallest absolute Gasteiger partial charge is 0.303 e. The molecule has 1 amide bonds. The number of hydrogen-bond acceptors (Lipinski definition) is 7. The molecule has 1 heterocycles. The van der Waals surface area contributed by atoms with Crippen LogP contribution < -0.4 is 9.47 Å². The summed E-state index contributed by atoms with van der Waals surface area (Å²) in [6.45, 7) is 0.248. The summed E-state index contributed by atoms with van der Waals surface area (Å²) in [5.74, 6) is -0.523. The molecule has 1 aliphatic heterocycles. The van der Waals surface area contributed by atoms with Crippen LogP contribution in [0.2, 0.25) is 0 Å². The molecule has 0 aromatic heterocycles. The van der Waals surface area contributed by atoms with Crippen molar-refractivity contribution in [3.63, 3.8) is 0 Å². The summed E-state index contributed by atoms with van der Waals surface area (Å²) >= 11 is 6.34. The van der Waals surface area contributed by atoms with Crippen LogP contribution in [0.4, 0.5) is 0 Å². The number of carboxylic acids is 1. The van der Waals surface area contributed by atoms with Crippen LogP contribution in [0.15, 0.2) is 17.0 Å². The maximum atomic E-state index is 12.5. The molecule has 7 nitrogen and oxygen atoms in total. The van der Waals surface area contributed by atoms with E-state index in [0.29, 0.717) is 32.7 Å². The van der Waals surface area contributed by atoms with Gasteiger partial charge in [0.1, 0.15) is 21.6 Å². The fraction of sp³-hybridized carbons (Fsp3) is 0.312. The number of benzene rings is 1. The summed E-state index contributed by atoms with van der Waals surface area (Å²) in [5, 5.41) is 18.4. The quantitative estimate of drug-likeness (QED) is 0.548. The number of phenolic OH excluding ortho intramolecular Hbond substituents is 1. The number of hydrogen-bond donors (Lipinski definition) is 2. The van der Waals surface area contributed by atoms with E-state index < -0.39 is 5.97 Å². The lowest BCUT2D eigenvalue weighted by Gasteiger charge is -2.13. The Kier molecular flexibility index (Phi) is 6.27. The number of thiocarbonyl (C=S) groups is 1. The van der Waals surface area contributed by atoms with Crippen LogP contribution in [-0.2, 0) is 9.59 Å². The maximum Gasteiger partial charge on any atom is 0.303 e. The molecule has 25 heavy (non-hydrogen) atoms. The standard InChI is InChI=1S/C16H17NO6S2/c1-22-11-6-9(18)7-12(23-2)10(11)8-13-15(21)17(16(24)25-13)5-3-4-14(19)20/h6-8,18H,3-5H2,1-2H3,(H,19,20)/b13-8-. The number of amides is 1. The average Bonchev–Trinajstić information content (AvgIpc) is 2.83. The Morgan fingerprint density at radius 3 is 2.44 bits per heavy atom. The minimum absolute atomic E-state index is 0.0212. The van der Waals surface area contributed by atoms with Gasteiger partial charge in [0.25, 0.3) is 5.91 Å². The third kappa shape index (κ3) is 4.43. The van der Waals surface area contributed by atoms with E-state index in [1.165, 1.54) is 31.3 Å². The molecule has 0 spiro atoms. The third-order valence-electron chi connectivity index (χ3n) is 3.45. The lowest BCUT2D eigenvalue weighted by atomic mass is 10.1. The molecule has 2 N–H and O–H groups in total. The van der Waals surface area contributed by atoms with Crippen molar-refractivity contribution in [3.8, 4) is 17.2 Å². The van der Waals surface area contributed by atoms with Crippen molar-refractivity contribution in [2.75, 3.05) is 20.8 Å². The molecule has 0 atom stereocenters. The molecule has 1 saturated heterocycles. The molecule has 9 heteroatoms. The number of carbonyl (C=O) groups is 2. The van der Waals surface area contributed by atoms with Crippen molar-refractivity contribution >= 4 is 46.3 Å². The number of rotatable bonds is 7. The van der Waals surface area contributed by atoms with E-state index in [-0.39, 0.29) is 24.6 Å². The normalized spacial score (nSPS) is 15.8. The average molecular weight is 383 g/mol. The van der Waals surface area contributed by atoms with Crippen LogP contribution in [0.25, 0.3) is 6.08 Å². The van der Waals surface area contributed by atoms with Crippen LogP contribution in [0.5, 0.6) is 17.2 Å². The Bertz CT molecular complexity index is 721. The highest BCUT2D eigenvalue weighted by Gasteiger charge is 2.32. The van der Waals surface area contributed by atoms with E-state index in [1.807, 2.05) is 0 Å². The van der Waals surface area contributed by atoms with Gasteiger partial charge >= 0.3 is 5.97 Å². The number of carboxylic acid groups (broad SMARTS) is 1. The van der Waals surface area contributed by atoms with Crippen molar-refractivity contribution in [2.24, 2.45) is 0 Å². The van der Waals surface area contributed by atoms with Crippen molar-refractivity contribution in [1.82, 2.24) is 4.90 Å². The largest absolute Gasteiger partial charge is 0.508 e. The Labute approximate surface area is 154 Å². The molecule has 1 aliphatic rings. The first-order chi connectivity index (χ1) is 11.9. The fourth-order valence-electron chi connectivity index (χ4n) is 2.28. The van der Waals surface area contributed by atoms with E-state index in [2.05, 4.69) is 0 Å². The second-order valence-electron chi connectivity index (χ2n) is 5.09. The van der Waals surface area contributed by atoms with Crippen LogP contribution in [0, 0.1) is 0 Å². The van der Waals surface area contributed by atoms with E-state index in [0.717, 1.165) is 11.8 Å². The number of aromatic hydroxyl groups is 1. The third-order valence-corrected chi connectivity index (χ3v) is 4.83. The zero-order valence-electron chi connectivity index (χ0n) is 13.6. The van der Waals surface area contributed by atoms with Gasteiger partial charge < -0.3 is 19.7 Å². The van der Waals surface area contributed by atoms with Crippen LogP contribution in [0.1, 0.15) is 18.4 Å². The van der Waals surface area contributed by atoms with Crippen LogP contribution >= 0.6 is 24.0 Å². The first-order valence-corrected chi connectivity index (χ1v) is 8.52.